The Kier molecular flexibility index (Phi) is 6.13. The first-order valence-corrected chi connectivity index (χ1v) is 10.2. The number of fused-ring (bicyclic) bond motifs is 1. The highest BCUT2D eigenvalue weighted by Gasteiger charge is 2.17. The monoisotopic (exact) mass is 440 g/mol. The Balaban J connectivity index is 1.58. The van der Waals surface area contributed by atoms with E-state index in [1.165, 1.54) is 11.7 Å². The number of halogens is 1. The van der Waals surface area contributed by atoms with Crippen LogP contribution in [0.2, 0.25) is 5.02 Å². The minimum atomic E-state index is -0.377. The molecule has 9 nitrogen and oxygen atoms in total. The molecule has 0 fully saturated rings. The molecule has 0 aliphatic carbocycles. The Bertz CT molecular complexity index is 1210. The lowest BCUT2D eigenvalue weighted by Crippen LogP contribution is -2.23. The van der Waals surface area contributed by atoms with Gasteiger partial charge >= 0.3 is 5.69 Å². The summed E-state index contributed by atoms with van der Waals surface area (Å²) in [5.74, 6) is 1.26. The molecule has 0 spiro atoms. The Morgan fingerprint density at radius 2 is 2.06 bits per heavy atom. The van der Waals surface area contributed by atoms with Crippen molar-refractivity contribution in [2.24, 2.45) is 17.3 Å². The number of aryl methyl sites for hydroxylation is 1. The van der Waals surface area contributed by atoms with Gasteiger partial charge in [-0.15, -0.1) is 5.10 Å². The molecule has 10 heteroatoms. The van der Waals surface area contributed by atoms with Gasteiger partial charge in [0.1, 0.15) is 12.4 Å². The van der Waals surface area contributed by atoms with Crippen LogP contribution < -0.4 is 10.4 Å². The number of para-hydroxylation sites is 1. The van der Waals surface area contributed by atoms with Crippen molar-refractivity contribution in [1.82, 2.24) is 19.8 Å². The van der Waals surface area contributed by atoms with Gasteiger partial charge in [0, 0.05) is 36.0 Å². The van der Waals surface area contributed by atoms with E-state index in [9.17, 15) is 4.79 Å². The Morgan fingerprint density at radius 3 is 2.84 bits per heavy atom. The number of aromatic nitrogens is 4. The van der Waals surface area contributed by atoms with Crippen molar-refractivity contribution in [3.8, 4) is 11.4 Å². The zero-order valence-corrected chi connectivity index (χ0v) is 17.9. The maximum absolute atomic E-state index is 12.3. The van der Waals surface area contributed by atoms with Gasteiger partial charge in [-0.3, -0.25) is 0 Å². The molecule has 4 rings (SSSR count). The fourth-order valence-electron chi connectivity index (χ4n) is 3.15. The van der Waals surface area contributed by atoms with Gasteiger partial charge in [-0.2, -0.15) is 14.5 Å². The topological polar surface area (TPSA) is 95.9 Å². The van der Waals surface area contributed by atoms with Crippen LogP contribution in [0.1, 0.15) is 30.9 Å². The molecular formula is C21H21ClN6O3. The zero-order valence-electron chi connectivity index (χ0n) is 17.2. The fourth-order valence-corrected chi connectivity index (χ4v) is 3.38. The first-order chi connectivity index (χ1) is 15.1. The van der Waals surface area contributed by atoms with Crippen LogP contribution in [0.15, 0.2) is 57.5 Å². The highest BCUT2D eigenvalue weighted by molar-refractivity contribution is 6.31. The lowest BCUT2D eigenvalue weighted by atomic mass is 10.0. The highest BCUT2D eigenvalue weighted by atomic mass is 35.5. The van der Waals surface area contributed by atoms with Crippen LogP contribution in [0.4, 0.5) is 0 Å². The number of benzene rings is 2. The molecule has 31 heavy (non-hydrogen) atoms. The summed E-state index contributed by atoms with van der Waals surface area (Å²) in [5.41, 5.74) is 2.52. The summed E-state index contributed by atoms with van der Waals surface area (Å²) in [4.78, 5) is 12.3. The maximum atomic E-state index is 12.3. The van der Waals surface area contributed by atoms with Crippen LogP contribution in [0.3, 0.4) is 0 Å². The predicted molar refractivity (Wildman–Crippen MR) is 117 cm³/mol. The molecule has 0 unspecified atom stereocenters. The smallest absolute Gasteiger partial charge is 0.368 e. The molecule has 1 aromatic heterocycles. The van der Waals surface area contributed by atoms with E-state index in [-0.39, 0.29) is 12.3 Å². The van der Waals surface area contributed by atoms with Crippen molar-refractivity contribution in [3.63, 3.8) is 0 Å². The van der Waals surface area contributed by atoms with Gasteiger partial charge in [-0.1, -0.05) is 36.7 Å². The highest BCUT2D eigenvalue weighted by Crippen LogP contribution is 2.25. The summed E-state index contributed by atoms with van der Waals surface area (Å²) in [6.45, 7) is 2.59. The number of ether oxygens (including phenoxy) is 2. The van der Waals surface area contributed by atoms with Crippen molar-refractivity contribution in [2.75, 3.05) is 6.61 Å². The van der Waals surface area contributed by atoms with Crippen molar-refractivity contribution in [2.45, 2.75) is 26.4 Å². The largest absolute Gasteiger partial charge is 0.492 e. The number of nitrogens with zero attached hydrogens (tertiary/aromatic N) is 6. The van der Waals surface area contributed by atoms with Crippen LogP contribution in [0.5, 0.6) is 5.75 Å². The third kappa shape index (κ3) is 4.36. The number of hydrogen-bond donors (Lipinski definition) is 0. The summed E-state index contributed by atoms with van der Waals surface area (Å²) in [6, 6.07) is 13.0. The van der Waals surface area contributed by atoms with E-state index in [4.69, 9.17) is 21.1 Å². The fraction of sp³-hybridized carbons (Fsp3) is 0.286. The van der Waals surface area contributed by atoms with E-state index in [2.05, 4.69) is 20.6 Å². The van der Waals surface area contributed by atoms with Gasteiger partial charge in [0.25, 0.3) is 0 Å². The molecule has 0 saturated carbocycles. The molecule has 0 amide bonds. The van der Waals surface area contributed by atoms with Gasteiger partial charge in [-0.05, 0) is 34.7 Å². The number of hydrogen-bond acceptors (Lipinski definition) is 7. The lowest BCUT2D eigenvalue weighted by Gasteiger charge is -2.18. The van der Waals surface area contributed by atoms with E-state index in [1.807, 2.05) is 31.2 Å². The molecule has 1 aliphatic heterocycles. The summed E-state index contributed by atoms with van der Waals surface area (Å²) >= 11 is 6.39. The van der Waals surface area contributed by atoms with Gasteiger partial charge in [0.2, 0.25) is 5.90 Å². The first kappa shape index (κ1) is 20.8. The van der Waals surface area contributed by atoms with Crippen LogP contribution >= 0.6 is 11.6 Å². The van der Waals surface area contributed by atoms with Crippen molar-refractivity contribution < 1.29 is 9.47 Å². The molecule has 2 heterocycles. The molecule has 0 saturated heterocycles. The average molecular weight is 441 g/mol. The van der Waals surface area contributed by atoms with Crippen molar-refractivity contribution >= 4 is 23.2 Å². The Morgan fingerprint density at radius 1 is 1.23 bits per heavy atom. The zero-order chi connectivity index (χ0) is 21.8. The Labute approximate surface area is 183 Å². The minimum Gasteiger partial charge on any atom is -0.492 e. The summed E-state index contributed by atoms with van der Waals surface area (Å²) in [5, 5.41) is 16.8. The predicted octanol–water partition coefficient (Wildman–Crippen LogP) is 3.13. The quantitative estimate of drug-likeness (QED) is 0.345. The van der Waals surface area contributed by atoms with E-state index >= 15 is 0 Å². The van der Waals surface area contributed by atoms with Gasteiger partial charge in [0.15, 0.2) is 0 Å². The third-order valence-corrected chi connectivity index (χ3v) is 5.16. The molecule has 0 N–H and O–H groups in total. The molecule has 3 aromatic rings. The lowest BCUT2D eigenvalue weighted by molar-refractivity contribution is 0.283. The standard InChI is InChI=1S/C21H21ClN6O3/c1-3-20(24-23-17-11-12-30-19-10-5-4-7-14(17)19)31-13-15-16(22)8-6-9-18(15)28-21(29)27(2)25-26-28/h4-10H,3,11-13H2,1-2H3/b23-17-,24-20+. The molecule has 0 radical (unpaired) electrons. The van der Waals surface area contributed by atoms with Gasteiger partial charge in [0.05, 0.1) is 18.0 Å². The van der Waals surface area contributed by atoms with E-state index in [1.54, 1.807) is 18.2 Å². The second-order valence-electron chi connectivity index (χ2n) is 6.81. The van der Waals surface area contributed by atoms with E-state index in [0.717, 1.165) is 21.7 Å². The normalized spacial score (nSPS) is 14.9. The second kappa shape index (κ2) is 9.13. The number of rotatable bonds is 5. The third-order valence-electron chi connectivity index (χ3n) is 4.81. The summed E-state index contributed by atoms with van der Waals surface area (Å²) in [7, 11) is 1.53. The molecule has 1 aliphatic rings. The molecule has 2 aromatic carbocycles. The van der Waals surface area contributed by atoms with Crippen molar-refractivity contribution in [3.05, 3.63) is 69.1 Å². The summed E-state index contributed by atoms with van der Waals surface area (Å²) < 4.78 is 13.9. The van der Waals surface area contributed by atoms with Crippen LogP contribution in [0.25, 0.3) is 5.69 Å². The summed E-state index contributed by atoms with van der Waals surface area (Å²) in [6.07, 6.45) is 1.21. The Hall–Kier alpha value is -3.46. The van der Waals surface area contributed by atoms with Crippen LogP contribution in [0, 0.1) is 0 Å². The molecule has 160 valence electrons. The van der Waals surface area contributed by atoms with Gasteiger partial charge < -0.3 is 9.47 Å². The number of tetrazole rings is 1. The minimum absolute atomic E-state index is 0.106. The molecule has 0 bridgehead atoms. The maximum Gasteiger partial charge on any atom is 0.368 e. The van der Waals surface area contributed by atoms with Crippen LogP contribution in [-0.4, -0.2) is 38.0 Å². The average Bonchev–Trinajstić information content (AvgIpc) is 3.12. The van der Waals surface area contributed by atoms with Crippen LogP contribution in [-0.2, 0) is 18.4 Å². The SMILES string of the molecule is CC/C(=N\N=C1\CCOc2ccccc21)OCc1c(Cl)cccc1-n1nnn(C)c1=O. The second-order valence-corrected chi connectivity index (χ2v) is 7.22. The van der Waals surface area contributed by atoms with E-state index < -0.39 is 0 Å². The molecule has 0 atom stereocenters. The van der Waals surface area contributed by atoms with E-state index in [0.29, 0.717) is 41.6 Å². The van der Waals surface area contributed by atoms with Gasteiger partial charge in [-0.25, -0.2) is 4.79 Å². The molecular weight excluding hydrogens is 420 g/mol. The first-order valence-electron chi connectivity index (χ1n) is 9.83. The van der Waals surface area contributed by atoms with Crippen molar-refractivity contribution in [1.29, 1.82) is 0 Å².